The third-order valence-corrected chi connectivity index (χ3v) is 4.44. The van der Waals surface area contributed by atoms with Crippen LogP contribution in [-0.2, 0) is 4.79 Å². The molecule has 0 amide bonds. The van der Waals surface area contributed by atoms with E-state index in [9.17, 15) is 14.9 Å². The lowest BCUT2D eigenvalue weighted by atomic mass is 10.2. The third-order valence-electron chi connectivity index (χ3n) is 4.44. The molecular formula is C22H17N3O6. The highest BCUT2D eigenvalue weighted by Crippen LogP contribution is 2.26. The molecule has 9 nitrogen and oxygen atoms in total. The van der Waals surface area contributed by atoms with Gasteiger partial charge in [0.15, 0.2) is 18.1 Å². The van der Waals surface area contributed by atoms with Gasteiger partial charge in [-0.2, -0.15) is 0 Å². The molecule has 2 aromatic heterocycles. The summed E-state index contributed by atoms with van der Waals surface area (Å²) in [6, 6.07) is 16.8. The van der Waals surface area contributed by atoms with Crippen LogP contribution in [0.5, 0.6) is 17.2 Å². The summed E-state index contributed by atoms with van der Waals surface area (Å²) in [5, 5.41) is 10.9. The van der Waals surface area contributed by atoms with Gasteiger partial charge in [0.1, 0.15) is 11.4 Å². The summed E-state index contributed by atoms with van der Waals surface area (Å²) < 4.78 is 17.5. The molecule has 9 heteroatoms. The number of esters is 1. The number of pyridine rings is 1. The molecule has 0 saturated heterocycles. The number of aromatic nitrogens is 2. The Labute approximate surface area is 176 Å². The summed E-state index contributed by atoms with van der Waals surface area (Å²) >= 11 is 0. The van der Waals surface area contributed by atoms with Crippen molar-refractivity contribution in [3.05, 3.63) is 83.2 Å². The Morgan fingerprint density at radius 1 is 1.03 bits per heavy atom. The van der Waals surface area contributed by atoms with Gasteiger partial charge in [-0.1, -0.05) is 12.1 Å². The predicted molar refractivity (Wildman–Crippen MR) is 111 cm³/mol. The van der Waals surface area contributed by atoms with Gasteiger partial charge in [0, 0.05) is 17.8 Å². The first-order valence-electron chi connectivity index (χ1n) is 9.23. The van der Waals surface area contributed by atoms with E-state index in [2.05, 4.69) is 4.98 Å². The lowest BCUT2D eigenvalue weighted by Gasteiger charge is -2.10. The Bertz CT molecular complexity index is 1250. The Balaban J connectivity index is 1.41. The van der Waals surface area contributed by atoms with Crippen molar-refractivity contribution in [2.45, 2.75) is 0 Å². The lowest BCUT2D eigenvalue weighted by molar-refractivity contribution is -0.385. The minimum absolute atomic E-state index is 0.0194. The van der Waals surface area contributed by atoms with E-state index in [-0.39, 0.29) is 12.3 Å². The molecule has 2 heterocycles. The number of methoxy groups -OCH3 is 1. The predicted octanol–water partition coefficient (Wildman–Crippen LogP) is 3.90. The molecule has 0 aliphatic rings. The van der Waals surface area contributed by atoms with Crippen molar-refractivity contribution in [3.63, 3.8) is 0 Å². The fourth-order valence-electron chi connectivity index (χ4n) is 2.96. The molecular weight excluding hydrogens is 402 g/mol. The van der Waals surface area contributed by atoms with Crippen LogP contribution < -0.4 is 14.2 Å². The zero-order valence-corrected chi connectivity index (χ0v) is 16.4. The normalized spacial score (nSPS) is 10.6. The van der Waals surface area contributed by atoms with Crippen LogP contribution in [-0.4, -0.2) is 34.0 Å². The van der Waals surface area contributed by atoms with E-state index in [1.807, 2.05) is 0 Å². The Morgan fingerprint density at radius 3 is 2.48 bits per heavy atom. The summed E-state index contributed by atoms with van der Waals surface area (Å²) in [4.78, 5) is 27.0. The highest BCUT2D eigenvalue weighted by atomic mass is 16.6. The second-order valence-corrected chi connectivity index (χ2v) is 6.47. The number of ether oxygens (including phenoxy) is 3. The highest BCUT2D eigenvalue weighted by molar-refractivity contribution is 5.74. The van der Waals surface area contributed by atoms with Gasteiger partial charge in [0.05, 0.1) is 23.9 Å². The topological polar surface area (TPSA) is 105 Å². The summed E-state index contributed by atoms with van der Waals surface area (Å²) in [5.74, 6) is 0.775. The second kappa shape index (κ2) is 8.54. The molecule has 156 valence electrons. The molecule has 0 atom stereocenters. The first-order valence-corrected chi connectivity index (χ1v) is 9.23. The van der Waals surface area contributed by atoms with E-state index < -0.39 is 10.9 Å². The Morgan fingerprint density at radius 2 is 1.77 bits per heavy atom. The highest BCUT2D eigenvalue weighted by Gasteiger charge is 2.12. The lowest BCUT2D eigenvalue weighted by Crippen LogP contribution is -2.17. The van der Waals surface area contributed by atoms with E-state index >= 15 is 0 Å². The second-order valence-electron chi connectivity index (χ2n) is 6.47. The Hall–Kier alpha value is -4.40. The Kier molecular flexibility index (Phi) is 5.48. The number of benzene rings is 2. The third kappa shape index (κ3) is 4.45. The van der Waals surface area contributed by atoms with Crippen molar-refractivity contribution < 1.29 is 23.9 Å². The van der Waals surface area contributed by atoms with Crippen LogP contribution in [0, 0.1) is 10.1 Å². The molecule has 0 bridgehead atoms. The van der Waals surface area contributed by atoms with Crippen molar-refractivity contribution >= 4 is 17.3 Å². The molecule has 0 spiro atoms. The number of nitro groups is 1. The maximum atomic E-state index is 12.1. The van der Waals surface area contributed by atoms with Gasteiger partial charge in [-0.05, 0) is 42.5 Å². The average Bonchev–Trinajstić information content (AvgIpc) is 3.21. The van der Waals surface area contributed by atoms with E-state index in [0.717, 1.165) is 5.56 Å². The molecule has 4 rings (SSSR count). The number of carbonyl (C=O) groups is 1. The monoisotopic (exact) mass is 419 g/mol. The van der Waals surface area contributed by atoms with Crippen LogP contribution in [0.1, 0.15) is 0 Å². The summed E-state index contributed by atoms with van der Waals surface area (Å²) in [7, 11) is 1.52. The quantitative estimate of drug-likeness (QED) is 0.194. The number of fused-ring (bicyclic) bond motifs is 1. The van der Waals surface area contributed by atoms with Crippen molar-refractivity contribution in [2.24, 2.45) is 0 Å². The van der Waals surface area contributed by atoms with Crippen molar-refractivity contribution in [1.29, 1.82) is 0 Å². The summed E-state index contributed by atoms with van der Waals surface area (Å²) in [6.07, 6.45) is 3.11. The molecule has 0 N–H and O–H groups in total. The summed E-state index contributed by atoms with van der Waals surface area (Å²) in [6.45, 7) is -0.270. The van der Waals surface area contributed by atoms with Gasteiger partial charge in [0.25, 0.3) is 5.69 Å². The zero-order chi connectivity index (χ0) is 21.8. The molecule has 0 unspecified atom stereocenters. The molecule has 2 aromatic carbocycles. The molecule has 0 aliphatic carbocycles. The summed E-state index contributed by atoms with van der Waals surface area (Å²) in [5.41, 5.74) is 1.98. The molecule has 0 fully saturated rings. The fourth-order valence-corrected chi connectivity index (χ4v) is 2.96. The first-order chi connectivity index (χ1) is 15.0. The zero-order valence-electron chi connectivity index (χ0n) is 16.4. The molecule has 0 saturated carbocycles. The maximum Gasteiger partial charge on any atom is 0.349 e. The number of hydrogen-bond donors (Lipinski definition) is 0. The van der Waals surface area contributed by atoms with Crippen LogP contribution in [0.15, 0.2) is 73.1 Å². The van der Waals surface area contributed by atoms with Crippen molar-refractivity contribution in [2.75, 3.05) is 13.7 Å². The van der Waals surface area contributed by atoms with E-state index in [0.29, 0.717) is 28.6 Å². The van der Waals surface area contributed by atoms with Gasteiger partial charge in [0.2, 0.25) is 0 Å². The molecule has 0 aliphatic heterocycles. The minimum Gasteiger partial charge on any atom is -0.493 e. The van der Waals surface area contributed by atoms with Gasteiger partial charge < -0.3 is 14.2 Å². The van der Waals surface area contributed by atoms with Crippen LogP contribution in [0.2, 0.25) is 0 Å². The van der Waals surface area contributed by atoms with Crippen molar-refractivity contribution in [3.8, 4) is 28.5 Å². The molecule has 31 heavy (non-hydrogen) atoms. The first kappa shape index (κ1) is 19.9. The number of rotatable bonds is 7. The number of imidazole rings is 1. The SMILES string of the molecule is COc1ccccc1OCC(=O)Oc1ccc(-c2cn3cc([N+](=O)[O-])ccc3n2)cc1. The van der Waals surface area contributed by atoms with E-state index in [1.165, 1.54) is 19.4 Å². The van der Waals surface area contributed by atoms with Gasteiger partial charge in [-0.3, -0.25) is 14.5 Å². The smallest absolute Gasteiger partial charge is 0.349 e. The number of hydrogen-bond acceptors (Lipinski definition) is 7. The number of nitrogens with zero attached hydrogens (tertiary/aromatic N) is 3. The maximum absolute atomic E-state index is 12.1. The van der Waals surface area contributed by atoms with Crippen LogP contribution in [0.25, 0.3) is 16.9 Å². The number of carbonyl (C=O) groups excluding carboxylic acids is 1. The van der Waals surface area contributed by atoms with Crippen LogP contribution in [0.4, 0.5) is 5.69 Å². The standard InChI is InChI=1S/C22H17N3O6/c1-29-19-4-2-3-5-20(19)30-14-22(26)31-17-9-6-15(7-10-17)18-13-24-12-16(25(27)28)8-11-21(24)23-18/h2-13H,14H2,1H3. The fraction of sp³-hybridized carbons (Fsp3) is 0.0909. The van der Waals surface area contributed by atoms with Crippen molar-refractivity contribution in [1.82, 2.24) is 9.38 Å². The van der Waals surface area contributed by atoms with E-state index in [4.69, 9.17) is 14.2 Å². The number of para-hydroxylation sites is 2. The van der Waals surface area contributed by atoms with Gasteiger partial charge in [-0.15, -0.1) is 0 Å². The minimum atomic E-state index is -0.557. The van der Waals surface area contributed by atoms with Crippen LogP contribution >= 0.6 is 0 Å². The van der Waals surface area contributed by atoms with E-state index in [1.54, 1.807) is 65.2 Å². The molecule has 0 radical (unpaired) electrons. The van der Waals surface area contributed by atoms with Gasteiger partial charge in [-0.25, -0.2) is 9.78 Å². The van der Waals surface area contributed by atoms with Crippen LogP contribution in [0.3, 0.4) is 0 Å². The van der Waals surface area contributed by atoms with Gasteiger partial charge >= 0.3 is 5.97 Å². The largest absolute Gasteiger partial charge is 0.493 e. The molecule has 4 aromatic rings. The average molecular weight is 419 g/mol.